The van der Waals surface area contributed by atoms with Crippen LogP contribution < -0.4 is 9.04 Å². The topological polar surface area (TPSA) is 90.2 Å². The highest BCUT2D eigenvalue weighted by Crippen LogP contribution is 2.25. The zero-order valence-corrected chi connectivity index (χ0v) is 18.3. The van der Waals surface area contributed by atoms with Gasteiger partial charge in [0.2, 0.25) is 0 Å². The lowest BCUT2D eigenvalue weighted by molar-refractivity contribution is 0.0468. The molecule has 4 rings (SSSR count). The number of ether oxygens (including phenoxy) is 2. The Morgan fingerprint density at radius 2 is 1.84 bits per heavy atom. The number of nitrogens with zero attached hydrogens (tertiary/aromatic N) is 3. The minimum absolute atomic E-state index is 0.0157. The first-order valence-corrected chi connectivity index (χ1v) is 11.2. The summed E-state index contributed by atoms with van der Waals surface area (Å²) in [5, 5.41) is 0. The van der Waals surface area contributed by atoms with Gasteiger partial charge in [-0.25, -0.2) is 18.2 Å². The Morgan fingerprint density at radius 3 is 2.56 bits per heavy atom. The fraction of sp³-hybridized carbons (Fsp3) is 0.130. The van der Waals surface area contributed by atoms with Crippen molar-refractivity contribution in [3.8, 4) is 5.75 Å². The van der Waals surface area contributed by atoms with E-state index in [0.29, 0.717) is 17.1 Å². The maximum absolute atomic E-state index is 13.1. The molecule has 32 heavy (non-hydrogen) atoms. The summed E-state index contributed by atoms with van der Waals surface area (Å²) in [6, 6.07) is 18.0. The van der Waals surface area contributed by atoms with E-state index >= 15 is 0 Å². The average molecular weight is 452 g/mol. The molecule has 0 aliphatic carbocycles. The molecule has 0 N–H and O–H groups in total. The van der Waals surface area contributed by atoms with Crippen molar-refractivity contribution in [2.75, 3.05) is 18.5 Å². The summed E-state index contributed by atoms with van der Waals surface area (Å²) >= 11 is 0. The van der Waals surface area contributed by atoms with Gasteiger partial charge < -0.3 is 13.9 Å². The van der Waals surface area contributed by atoms with Crippen molar-refractivity contribution in [2.45, 2.75) is 11.5 Å². The molecule has 2 aromatic carbocycles. The van der Waals surface area contributed by atoms with Crippen LogP contribution in [0.15, 0.2) is 84.0 Å². The molecule has 0 unspecified atom stereocenters. The molecule has 2 aromatic heterocycles. The number of methoxy groups -OCH3 is 1. The molecule has 0 spiro atoms. The largest absolute Gasteiger partial charge is 0.497 e. The molecule has 2 heterocycles. The van der Waals surface area contributed by atoms with Gasteiger partial charge in [-0.05, 0) is 54.6 Å². The highest BCUT2D eigenvalue weighted by molar-refractivity contribution is 7.92. The zero-order chi connectivity index (χ0) is 22.7. The van der Waals surface area contributed by atoms with Gasteiger partial charge in [-0.3, -0.25) is 4.31 Å². The smallest absolute Gasteiger partial charge is 0.338 e. The predicted molar refractivity (Wildman–Crippen MR) is 119 cm³/mol. The second kappa shape index (κ2) is 8.72. The van der Waals surface area contributed by atoms with Crippen LogP contribution in [0.3, 0.4) is 0 Å². The standard InChI is InChI=1S/C23H21N3O5S/c1-25(19-9-11-20(30-2)12-10-19)32(28,29)21-7-5-6-17(14-21)23(27)31-16-18-15-26-13-4-3-8-22(26)24-18/h3-15H,16H2,1-2H3. The summed E-state index contributed by atoms with van der Waals surface area (Å²) in [5.74, 6) is -0.0129. The molecule has 9 heteroatoms. The van der Waals surface area contributed by atoms with Crippen LogP contribution in [0.1, 0.15) is 16.1 Å². The minimum atomic E-state index is -3.88. The molecule has 0 atom stereocenters. The summed E-state index contributed by atoms with van der Waals surface area (Å²) < 4.78 is 39.6. The van der Waals surface area contributed by atoms with Crippen LogP contribution in [0.2, 0.25) is 0 Å². The second-order valence-electron chi connectivity index (χ2n) is 6.97. The number of anilines is 1. The number of rotatable bonds is 7. The highest BCUT2D eigenvalue weighted by Gasteiger charge is 2.23. The van der Waals surface area contributed by atoms with Gasteiger partial charge >= 0.3 is 5.97 Å². The van der Waals surface area contributed by atoms with Crippen LogP contribution in [-0.4, -0.2) is 37.9 Å². The zero-order valence-electron chi connectivity index (χ0n) is 17.5. The van der Waals surface area contributed by atoms with Crippen molar-refractivity contribution in [1.29, 1.82) is 0 Å². The maximum atomic E-state index is 13.1. The monoisotopic (exact) mass is 451 g/mol. The molecule has 0 radical (unpaired) electrons. The Labute approximate surface area is 185 Å². The number of carbonyl (C=O) groups excluding carboxylic acids is 1. The van der Waals surface area contributed by atoms with Crippen LogP contribution >= 0.6 is 0 Å². The summed E-state index contributed by atoms with van der Waals surface area (Å²) in [4.78, 5) is 16.9. The van der Waals surface area contributed by atoms with Gasteiger partial charge in [0.25, 0.3) is 10.0 Å². The Hall–Kier alpha value is -3.85. The second-order valence-corrected chi connectivity index (χ2v) is 8.94. The van der Waals surface area contributed by atoms with Crippen LogP contribution in [0.25, 0.3) is 5.65 Å². The molecule has 0 saturated heterocycles. The first-order valence-electron chi connectivity index (χ1n) is 9.71. The van der Waals surface area contributed by atoms with E-state index in [-0.39, 0.29) is 17.1 Å². The normalized spacial score (nSPS) is 11.3. The first kappa shape index (κ1) is 21.4. The molecule has 0 saturated carbocycles. The fourth-order valence-electron chi connectivity index (χ4n) is 3.15. The van der Waals surface area contributed by atoms with Gasteiger partial charge in [0.1, 0.15) is 18.0 Å². The summed E-state index contributed by atoms with van der Waals surface area (Å²) in [6.07, 6.45) is 3.62. The molecule has 4 aromatic rings. The van der Waals surface area contributed by atoms with Crippen molar-refractivity contribution >= 4 is 27.3 Å². The van der Waals surface area contributed by atoms with Gasteiger partial charge in [0, 0.05) is 19.4 Å². The van der Waals surface area contributed by atoms with Crippen molar-refractivity contribution in [2.24, 2.45) is 0 Å². The summed E-state index contributed by atoms with van der Waals surface area (Å²) in [5.41, 5.74) is 1.93. The van der Waals surface area contributed by atoms with E-state index in [1.54, 1.807) is 30.5 Å². The molecule has 0 aliphatic heterocycles. The molecule has 8 nitrogen and oxygen atoms in total. The lowest BCUT2D eigenvalue weighted by atomic mass is 10.2. The number of aromatic nitrogens is 2. The summed E-state index contributed by atoms with van der Waals surface area (Å²) in [7, 11) is -0.896. The van der Waals surface area contributed by atoms with Crippen LogP contribution in [-0.2, 0) is 21.4 Å². The number of benzene rings is 2. The van der Waals surface area contributed by atoms with Gasteiger partial charge in [-0.1, -0.05) is 12.1 Å². The minimum Gasteiger partial charge on any atom is -0.497 e. The van der Waals surface area contributed by atoms with Crippen LogP contribution in [0, 0.1) is 0 Å². The van der Waals surface area contributed by atoms with E-state index in [1.807, 2.05) is 28.8 Å². The number of imidazole rings is 1. The Balaban J connectivity index is 1.50. The lowest BCUT2D eigenvalue weighted by Gasteiger charge is -2.20. The Kier molecular flexibility index (Phi) is 5.83. The molecule has 164 valence electrons. The first-order chi connectivity index (χ1) is 15.4. The number of carbonyl (C=O) groups is 1. The van der Waals surface area contributed by atoms with Crippen molar-refractivity contribution in [3.05, 3.63) is 90.4 Å². The predicted octanol–water partition coefficient (Wildman–Crippen LogP) is 3.53. The van der Waals surface area contributed by atoms with Crippen molar-refractivity contribution in [3.63, 3.8) is 0 Å². The van der Waals surface area contributed by atoms with Crippen LogP contribution in [0.4, 0.5) is 5.69 Å². The number of esters is 1. The molecular weight excluding hydrogens is 430 g/mol. The number of hydrogen-bond donors (Lipinski definition) is 0. The molecule has 0 amide bonds. The van der Waals surface area contributed by atoms with Gasteiger partial charge in [-0.15, -0.1) is 0 Å². The third-order valence-electron chi connectivity index (χ3n) is 4.93. The van der Waals surface area contributed by atoms with Crippen molar-refractivity contribution < 1.29 is 22.7 Å². The number of fused-ring (bicyclic) bond motifs is 1. The SMILES string of the molecule is COc1ccc(N(C)S(=O)(=O)c2cccc(C(=O)OCc3cn4ccccc4n3)c2)cc1. The van der Waals surface area contributed by atoms with E-state index in [0.717, 1.165) is 9.95 Å². The molecule has 0 bridgehead atoms. The molecule has 0 fully saturated rings. The third kappa shape index (κ3) is 4.28. The maximum Gasteiger partial charge on any atom is 0.338 e. The lowest BCUT2D eigenvalue weighted by Crippen LogP contribution is -2.26. The fourth-order valence-corrected chi connectivity index (χ4v) is 4.39. The number of pyridine rings is 1. The summed E-state index contributed by atoms with van der Waals surface area (Å²) in [6.45, 7) is -0.0246. The van der Waals surface area contributed by atoms with Crippen molar-refractivity contribution in [1.82, 2.24) is 9.38 Å². The van der Waals surface area contributed by atoms with E-state index in [1.165, 1.54) is 38.4 Å². The van der Waals surface area contributed by atoms with E-state index in [4.69, 9.17) is 9.47 Å². The highest BCUT2D eigenvalue weighted by atomic mass is 32.2. The van der Waals surface area contributed by atoms with E-state index in [2.05, 4.69) is 4.98 Å². The van der Waals surface area contributed by atoms with Gasteiger partial charge in [-0.2, -0.15) is 0 Å². The Bertz CT molecular complexity index is 1330. The molecular formula is C23H21N3O5S. The van der Waals surface area contributed by atoms with Gasteiger partial charge in [0.05, 0.1) is 29.0 Å². The van der Waals surface area contributed by atoms with E-state index < -0.39 is 16.0 Å². The molecule has 0 aliphatic rings. The van der Waals surface area contributed by atoms with Crippen LogP contribution in [0.5, 0.6) is 5.75 Å². The Morgan fingerprint density at radius 1 is 1.06 bits per heavy atom. The quantitative estimate of drug-likeness (QED) is 0.400. The number of sulfonamides is 1. The van der Waals surface area contributed by atoms with Gasteiger partial charge in [0.15, 0.2) is 0 Å². The number of hydrogen-bond acceptors (Lipinski definition) is 6. The third-order valence-corrected chi connectivity index (χ3v) is 6.71. The van der Waals surface area contributed by atoms with E-state index in [9.17, 15) is 13.2 Å². The average Bonchev–Trinajstić information content (AvgIpc) is 3.25.